The molecule has 7 nitrogen and oxygen atoms in total. The molecule has 0 aliphatic rings. The molecule has 214 valence electrons. The van der Waals surface area contributed by atoms with Crippen molar-refractivity contribution < 1.29 is 31.9 Å². The van der Waals surface area contributed by atoms with Gasteiger partial charge in [0.1, 0.15) is 17.6 Å². The van der Waals surface area contributed by atoms with Crippen LogP contribution >= 0.6 is 11.6 Å². The lowest BCUT2D eigenvalue weighted by molar-refractivity contribution is -0.137. The van der Waals surface area contributed by atoms with Gasteiger partial charge in [-0.1, -0.05) is 41.9 Å². The van der Waals surface area contributed by atoms with Crippen LogP contribution in [0.3, 0.4) is 0 Å². The summed E-state index contributed by atoms with van der Waals surface area (Å²) in [6.07, 6.45) is -4.42. The Hall–Kier alpha value is -4.44. The molecule has 0 spiro atoms. The number of nitrogens with one attached hydrogen (secondary N) is 3. The van der Waals surface area contributed by atoms with Gasteiger partial charge in [-0.05, 0) is 60.2 Å². The Balaban J connectivity index is 1.43. The number of benzene rings is 3. The average Bonchev–Trinajstić information content (AvgIpc) is 3.47. The summed E-state index contributed by atoms with van der Waals surface area (Å²) >= 11 is 6.30. The first kappa shape index (κ1) is 29.5. The molecule has 4 rings (SSSR count). The topological polar surface area (TPSA) is 92.6 Å². The van der Waals surface area contributed by atoms with E-state index in [0.29, 0.717) is 17.1 Å². The zero-order valence-corrected chi connectivity index (χ0v) is 22.7. The Labute approximate surface area is 239 Å². The fourth-order valence-corrected chi connectivity index (χ4v) is 4.22. The molecule has 1 aromatic heterocycles. The molecule has 3 N–H and O–H groups in total. The van der Waals surface area contributed by atoms with Gasteiger partial charge < -0.3 is 25.1 Å². The van der Waals surface area contributed by atoms with Crippen molar-refractivity contribution in [3.63, 3.8) is 0 Å². The van der Waals surface area contributed by atoms with Gasteiger partial charge in [-0.3, -0.25) is 9.59 Å². The monoisotopic (exact) mass is 585 g/mol. The van der Waals surface area contributed by atoms with Gasteiger partial charge in [-0.15, -0.1) is 0 Å². The maximum Gasteiger partial charge on any atom is 0.416 e. The molecule has 0 radical (unpaired) electrons. The minimum Gasteiger partial charge on any atom is -0.497 e. The molecule has 1 atom stereocenters. The smallest absolute Gasteiger partial charge is 0.416 e. The standard InChI is InChI=1S/C30H27ClF3N3O4/c1-40-23-11-9-22(10-12-23)35-15-16-36-28(38)25(18-19-5-2-3-8-24(19)31)37-29(39)27-14-13-26(41-27)20-6-4-7-21(17-20)30(32,33)34/h2-14,17,25,35H,15-16,18H2,1H3,(H,36,38)(H,37,39)/t25-/m0/s1. The summed E-state index contributed by atoms with van der Waals surface area (Å²) in [6.45, 7) is 0.684. The molecule has 3 aromatic carbocycles. The number of carbonyl (C=O) groups is 2. The molecule has 0 aliphatic heterocycles. The van der Waals surface area contributed by atoms with Crippen molar-refractivity contribution in [1.29, 1.82) is 0 Å². The third-order valence-corrected chi connectivity index (χ3v) is 6.52. The summed E-state index contributed by atoms with van der Waals surface area (Å²) in [5.41, 5.74) is 0.814. The number of ether oxygens (including phenoxy) is 1. The second kappa shape index (κ2) is 13.3. The third kappa shape index (κ3) is 8.04. The molecule has 11 heteroatoms. The van der Waals surface area contributed by atoms with Gasteiger partial charge in [0.25, 0.3) is 5.91 Å². The van der Waals surface area contributed by atoms with E-state index in [4.69, 9.17) is 20.8 Å². The third-order valence-electron chi connectivity index (χ3n) is 6.15. The van der Waals surface area contributed by atoms with Gasteiger partial charge in [-0.25, -0.2) is 0 Å². The quantitative estimate of drug-likeness (QED) is 0.182. The maximum atomic E-state index is 13.1. The molecular weight excluding hydrogens is 559 g/mol. The van der Waals surface area contributed by atoms with Crippen LogP contribution in [0.4, 0.5) is 18.9 Å². The van der Waals surface area contributed by atoms with Crippen molar-refractivity contribution in [1.82, 2.24) is 10.6 Å². The summed E-state index contributed by atoms with van der Waals surface area (Å²) < 4.78 is 50.1. The van der Waals surface area contributed by atoms with Crippen LogP contribution in [-0.4, -0.2) is 38.1 Å². The number of anilines is 1. The number of alkyl halides is 3. The van der Waals surface area contributed by atoms with Gasteiger partial charge in [-0.2, -0.15) is 13.2 Å². The number of rotatable bonds is 11. The van der Waals surface area contributed by atoms with E-state index >= 15 is 0 Å². The maximum absolute atomic E-state index is 13.1. The summed E-state index contributed by atoms with van der Waals surface area (Å²) in [6, 6.07) is 20.6. The minimum absolute atomic E-state index is 0.0814. The first-order chi connectivity index (χ1) is 19.6. The molecule has 2 amide bonds. The van der Waals surface area contributed by atoms with E-state index in [0.717, 1.165) is 23.6 Å². The van der Waals surface area contributed by atoms with Gasteiger partial charge in [0.15, 0.2) is 5.76 Å². The molecular formula is C30H27ClF3N3O4. The fraction of sp³-hybridized carbons (Fsp3) is 0.200. The van der Waals surface area contributed by atoms with E-state index in [2.05, 4.69) is 16.0 Å². The van der Waals surface area contributed by atoms with Crippen molar-refractivity contribution >= 4 is 29.1 Å². The highest BCUT2D eigenvalue weighted by molar-refractivity contribution is 6.31. The molecule has 0 saturated carbocycles. The molecule has 0 bridgehead atoms. The molecule has 0 saturated heterocycles. The van der Waals surface area contributed by atoms with E-state index in [-0.39, 0.29) is 30.0 Å². The molecule has 4 aromatic rings. The van der Waals surface area contributed by atoms with Crippen molar-refractivity contribution in [3.8, 4) is 17.1 Å². The van der Waals surface area contributed by atoms with E-state index in [1.165, 1.54) is 24.3 Å². The van der Waals surface area contributed by atoms with Crippen molar-refractivity contribution in [2.24, 2.45) is 0 Å². The fourth-order valence-electron chi connectivity index (χ4n) is 4.01. The first-order valence-electron chi connectivity index (χ1n) is 12.6. The predicted molar refractivity (Wildman–Crippen MR) is 150 cm³/mol. The van der Waals surface area contributed by atoms with Gasteiger partial charge in [0.2, 0.25) is 5.91 Å². The van der Waals surface area contributed by atoms with Gasteiger partial charge >= 0.3 is 6.18 Å². The zero-order chi connectivity index (χ0) is 29.4. The molecule has 41 heavy (non-hydrogen) atoms. The largest absolute Gasteiger partial charge is 0.497 e. The molecule has 0 unspecified atom stereocenters. The number of hydrogen-bond donors (Lipinski definition) is 3. The summed E-state index contributed by atoms with van der Waals surface area (Å²) in [4.78, 5) is 26.2. The minimum atomic E-state index is -4.52. The van der Waals surface area contributed by atoms with Crippen LogP contribution in [-0.2, 0) is 17.4 Å². The van der Waals surface area contributed by atoms with Crippen LogP contribution in [0.2, 0.25) is 5.02 Å². The number of furan rings is 1. The van der Waals surface area contributed by atoms with Crippen LogP contribution in [0.1, 0.15) is 21.7 Å². The summed E-state index contributed by atoms with van der Waals surface area (Å²) in [5.74, 6) is -0.500. The van der Waals surface area contributed by atoms with E-state index < -0.39 is 29.6 Å². The Bertz CT molecular complexity index is 1490. The highest BCUT2D eigenvalue weighted by Crippen LogP contribution is 2.32. The van der Waals surface area contributed by atoms with E-state index in [1.807, 2.05) is 24.3 Å². The second-order valence-electron chi connectivity index (χ2n) is 9.01. The van der Waals surface area contributed by atoms with Gasteiger partial charge in [0, 0.05) is 35.8 Å². The lowest BCUT2D eigenvalue weighted by atomic mass is 10.0. The number of amides is 2. The van der Waals surface area contributed by atoms with Crippen molar-refractivity contribution in [3.05, 3.63) is 107 Å². The van der Waals surface area contributed by atoms with Crippen LogP contribution in [0, 0.1) is 0 Å². The molecule has 1 heterocycles. The molecule has 0 fully saturated rings. The zero-order valence-electron chi connectivity index (χ0n) is 21.9. The van der Waals surface area contributed by atoms with Crippen LogP contribution in [0.5, 0.6) is 5.75 Å². The van der Waals surface area contributed by atoms with Crippen LogP contribution < -0.4 is 20.7 Å². The summed E-state index contributed by atoms with van der Waals surface area (Å²) in [7, 11) is 1.58. The Morgan fingerprint density at radius 1 is 0.951 bits per heavy atom. The lowest BCUT2D eigenvalue weighted by Crippen LogP contribution is -2.48. The highest BCUT2D eigenvalue weighted by atomic mass is 35.5. The predicted octanol–water partition coefficient (Wildman–Crippen LogP) is 6.20. The lowest BCUT2D eigenvalue weighted by Gasteiger charge is -2.19. The summed E-state index contributed by atoms with van der Waals surface area (Å²) in [5, 5.41) is 9.08. The van der Waals surface area contributed by atoms with E-state index in [1.54, 1.807) is 31.4 Å². The Morgan fingerprint density at radius 2 is 1.71 bits per heavy atom. The number of carbonyl (C=O) groups excluding carboxylic acids is 2. The Morgan fingerprint density at radius 3 is 2.41 bits per heavy atom. The number of methoxy groups -OCH3 is 1. The molecule has 0 aliphatic carbocycles. The van der Waals surface area contributed by atoms with Crippen molar-refractivity contribution in [2.75, 3.05) is 25.5 Å². The first-order valence-corrected chi connectivity index (χ1v) is 13.0. The average molecular weight is 586 g/mol. The number of hydrogen-bond acceptors (Lipinski definition) is 5. The number of halogens is 4. The normalized spacial score (nSPS) is 11.9. The second-order valence-corrected chi connectivity index (χ2v) is 9.42. The van der Waals surface area contributed by atoms with Crippen LogP contribution in [0.25, 0.3) is 11.3 Å². The van der Waals surface area contributed by atoms with E-state index in [9.17, 15) is 22.8 Å². The Kier molecular flexibility index (Phi) is 9.57. The van der Waals surface area contributed by atoms with Gasteiger partial charge in [0.05, 0.1) is 12.7 Å². The highest BCUT2D eigenvalue weighted by Gasteiger charge is 2.31. The SMILES string of the molecule is COc1ccc(NCCNC(=O)[C@H](Cc2ccccc2Cl)NC(=O)c2ccc(-c3cccc(C(F)(F)F)c3)o2)cc1. The van der Waals surface area contributed by atoms with Crippen LogP contribution in [0.15, 0.2) is 89.3 Å². The van der Waals surface area contributed by atoms with Crippen molar-refractivity contribution in [2.45, 2.75) is 18.6 Å².